The molecule has 2 nitrogen and oxygen atoms in total. The summed E-state index contributed by atoms with van der Waals surface area (Å²) < 4.78 is 5.79. The van der Waals surface area contributed by atoms with E-state index in [1.807, 2.05) is 18.5 Å². The summed E-state index contributed by atoms with van der Waals surface area (Å²) >= 11 is 0. The van der Waals surface area contributed by atoms with E-state index in [1.165, 1.54) is 10.9 Å². The van der Waals surface area contributed by atoms with Gasteiger partial charge in [0, 0.05) is 29.6 Å². The zero-order chi connectivity index (χ0) is 9.54. The zero-order valence-electron chi connectivity index (χ0n) is 8.03. The molecule has 0 saturated carbocycles. The summed E-state index contributed by atoms with van der Waals surface area (Å²) in [4.78, 5) is 4.10. The van der Waals surface area contributed by atoms with Gasteiger partial charge in [0.2, 0.25) is 0 Å². The average Bonchev–Trinajstić information content (AvgIpc) is 2.59. The summed E-state index contributed by atoms with van der Waals surface area (Å²) in [6, 6.07) is 6.28. The summed E-state index contributed by atoms with van der Waals surface area (Å²) in [5.74, 6) is 1.05. The van der Waals surface area contributed by atoms with E-state index in [4.69, 9.17) is 4.74 Å². The van der Waals surface area contributed by atoms with Crippen molar-refractivity contribution in [3.05, 3.63) is 36.2 Å². The molecule has 1 atom stereocenters. The SMILES string of the molecule is C[C@H]1Cc2ccc3cnccc3c2O1. The topological polar surface area (TPSA) is 22.1 Å². The predicted octanol–water partition coefficient (Wildman–Crippen LogP) is 2.56. The third-order valence-electron chi connectivity index (χ3n) is 2.68. The summed E-state index contributed by atoms with van der Waals surface area (Å²) in [6.45, 7) is 2.10. The maximum Gasteiger partial charge on any atom is 0.130 e. The Balaban J connectivity index is 2.33. The fraction of sp³-hybridized carbons (Fsp3) is 0.250. The maximum atomic E-state index is 5.79. The summed E-state index contributed by atoms with van der Waals surface area (Å²) in [7, 11) is 0. The Bertz CT molecular complexity index is 493. The second-order valence-corrected chi connectivity index (χ2v) is 3.78. The van der Waals surface area contributed by atoms with Crippen LogP contribution in [0.3, 0.4) is 0 Å². The van der Waals surface area contributed by atoms with Gasteiger partial charge in [0.25, 0.3) is 0 Å². The van der Waals surface area contributed by atoms with Crippen LogP contribution in [0.1, 0.15) is 12.5 Å². The third kappa shape index (κ3) is 1.00. The molecule has 1 aromatic heterocycles. The lowest BCUT2D eigenvalue weighted by Crippen LogP contribution is -2.05. The molecule has 1 aliphatic heterocycles. The minimum atomic E-state index is 0.309. The number of nitrogens with zero attached hydrogens (tertiary/aromatic N) is 1. The second kappa shape index (κ2) is 2.71. The molecule has 0 fully saturated rings. The lowest BCUT2D eigenvalue weighted by atomic mass is 10.1. The van der Waals surface area contributed by atoms with Crippen molar-refractivity contribution in [3.63, 3.8) is 0 Å². The van der Waals surface area contributed by atoms with Crippen LogP contribution in [0.2, 0.25) is 0 Å². The van der Waals surface area contributed by atoms with E-state index in [1.54, 1.807) is 0 Å². The maximum absolute atomic E-state index is 5.79. The monoisotopic (exact) mass is 185 g/mol. The van der Waals surface area contributed by atoms with E-state index in [9.17, 15) is 0 Å². The molecule has 1 aliphatic rings. The van der Waals surface area contributed by atoms with Crippen molar-refractivity contribution in [3.8, 4) is 5.75 Å². The van der Waals surface area contributed by atoms with Gasteiger partial charge in [0.1, 0.15) is 11.9 Å². The van der Waals surface area contributed by atoms with Crippen LogP contribution in [0.5, 0.6) is 5.75 Å². The van der Waals surface area contributed by atoms with E-state index in [0.717, 1.165) is 17.6 Å². The van der Waals surface area contributed by atoms with Crippen LogP contribution in [0.25, 0.3) is 10.8 Å². The number of aromatic nitrogens is 1. The van der Waals surface area contributed by atoms with E-state index < -0.39 is 0 Å². The lowest BCUT2D eigenvalue weighted by molar-refractivity contribution is 0.257. The Morgan fingerprint density at radius 3 is 3.21 bits per heavy atom. The molecule has 0 unspecified atom stereocenters. The van der Waals surface area contributed by atoms with Gasteiger partial charge < -0.3 is 4.74 Å². The predicted molar refractivity (Wildman–Crippen MR) is 55.5 cm³/mol. The number of hydrogen-bond acceptors (Lipinski definition) is 2. The number of rotatable bonds is 0. The van der Waals surface area contributed by atoms with E-state index in [0.29, 0.717) is 6.10 Å². The first-order valence-electron chi connectivity index (χ1n) is 4.87. The molecule has 0 N–H and O–H groups in total. The van der Waals surface area contributed by atoms with Crippen LogP contribution in [0.4, 0.5) is 0 Å². The molecule has 2 heterocycles. The first-order chi connectivity index (χ1) is 6.84. The van der Waals surface area contributed by atoms with Crippen LogP contribution in [0.15, 0.2) is 30.6 Å². The molecule has 0 radical (unpaired) electrons. The van der Waals surface area contributed by atoms with Crippen molar-refractivity contribution in [2.75, 3.05) is 0 Å². The molecule has 0 amide bonds. The first-order valence-corrected chi connectivity index (χ1v) is 4.87. The molecule has 0 bridgehead atoms. The van der Waals surface area contributed by atoms with E-state index in [2.05, 4.69) is 24.0 Å². The van der Waals surface area contributed by atoms with Crippen LogP contribution >= 0.6 is 0 Å². The Morgan fingerprint density at radius 2 is 2.29 bits per heavy atom. The van der Waals surface area contributed by atoms with E-state index in [-0.39, 0.29) is 0 Å². The number of ether oxygens (including phenoxy) is 1. The summed E-state index contributed by atoms with van der Waals surface area (Å²) in [6.07, 6.45) is 5.02. The van der Waals surface area contributed by atoms with Crippen molar-refractivity contribution in [2.45, 2.75) is 19.4 Å². The number of fused-ring (bicyclic) bond motifs is 3. The minimum Gasteiger partial charge on any atom is -0.489 e. The number of hydrogen-bond donors (Lipinski definition) is 0. The average molecular weight is 185 g/mol. The van der Waals surface area contributed by atoms with Crippen molar-refractivity contribution < 1.29 is 4.74 Å². The highest BCUT2D eigenvalue weighted by atomic mass is 16.5. The highest BCUT2D eigenvalue weighted by molar-refractivity contribution is 5.89. The van der Waals surface area contributed by atoms with Crippen molar-refractivity contribution in [1.29, 1.82) is 0 Å². The fourth-order valence-corrected chi connectivity index (χ4v) is 2.04. The van der Waals surface area contributed by atoms with Gasteiger partial charge in [-0.15, -0.1) is 0 Å². The third-order valence-corrected chi connectivity index (χ3v) is 2.68. The lowest BCUT2D eigenvalue weighted by Gasteiger charge is -2.05. The van der Waals surface area contributed by atoms with Gasteiger partial charge in [0.15, 0.2) is 0 Å². The molecular weight excluding hydrogens is 174 g/mol. The largest absolute Gasteiger partial charge is 0.489 e. The van der Waals surface area contributed by atoms with Crippen molar-refractivity contribution >= 4 is 10.8 Å². The highest BCUT2D eigenvalue weighted by Gasteiger charge is 2.20. The minimum absolute atomic E-state index is 0.309. The van der Waals surface area contributed by atoms with Gasteiger partial charge in [-0.1, -0.05) is 12.1 Å². The molecule has 2 aromatic rings. The molecule has 1 aromatic carbocycles. The molecule has 14 heavy (non-hydrogen) atoms. The first kappa shape index (κ1) is 7.80. The molecule has 3 rings (SSSR count). The Kier molecular flexibility index (Phi) is 1.51. The van der Waals surface area contributed by atoms with Gasteiger partial charge >= 0.3 is 0 Å². The normalized spacial score (nSPS) is 19.4. The number of pyridine rings is 1. The smallest absolute Gasteiger partial charge is 0.130 e. The number of benzene rings is 1. The zero-order valence-corrected chi connectivity index (χ0v) is 8.03. The van der Waals surface area contributed by atoms with Gasteiger partial charge in [-0.2, -0.15) is 0 Å². The van der Waals surface area contributed by atoms with Crippen LogP contribution in [-0.4, -0.2) is 11.1 Å². The second-order valence-electron chi connectivity index (χ2n) is 3.78. The molecule has 2 heteroatoms. The fourth-order valence-electron chi connectivity index (χ4n) is 2.04. The van der Waals surface area contributed by atoms with Gasteiger partial charge in [-0.25, -0.2) is 0 Å². The van der Waals surface area contributed by atoms with Crippen LogP contribution in [-0.2, 0) is 6.42 Å². The molecule has 0 spiro atoms. The van der Waals surface area contributed by atoms with Gasteiger partial charge in [0.05, 0.1) is 0 Å². The standard InChI is InChI=1S/C12H11NO/c1-8-6-9-2-3-10-7-13-5-4-11(10)12(9)14-8/h2-5,7-8H,6H2,1H3/t8-/m0/s1. The molecule has 0 aliphatic carbocycles. The van der Waals surface area contributed by atoms with E-state index >= 15 is 0 Å². The van der Waals surface area contributed by atoms with Crippen LogP contribution < -0.4 is 4.74 Å². The van der Waals surface area contributed by atoms with Crippen molar-refractivity contribution in [1.82, 2.24) is 4.98 Å². The van der Waals surface area contributed by atoms with Gasteiger partial charge in [-0.05, 0) is 18.6 Å². The molecule has 0 saturated heterocycles. The Morgan fingerprint density at radius 1 is 1.36 bits per heavy atom. The highest BCUT2D eigenvalue weighted by Crippen LogP contribution is 2.35. The van der Waals surface area contributed by atoms with Crippen LogP contribution in [0, 0.1) is 0 Å². The van der Waals surface area contributed by atoms with Gasteiger partial charge in [-0.3, -0.25) is 4.98 Å². The Labute approximate surface area is 82.5 Å². The molecular formula is C12H11NO. The quantitative estimate of drug-likeness (QED) is 0.629. The summed E-state index contributed by atoms with van der Waals surface area (Å²) in [5.41, 5.74) is 1.32. The summed E-state index contributed by atoms with van der Waals surface area (Å²) in [5, 5.41) is 2.34. The van der Waals surface area contributed by atoms with Crippen molar-refractivity contribution in [2.24, 2.45) is 0 Å². The Hall–Kier alpha value is -1.57. The molecule has 70 valence electrons.